The first-order chi connectivity index (χ1) is 4.85. The van der Waals surface area contributed by atoms with E-state index >= 15 is 0 Å². The summed E-state index contributed by atoms with van der Waals surface area (Å²) in [6.45, 7) is 0.438. The maximum Gasteiger partial charge on any atom is 0.398 e. The highest BCUT2D eigenvalue weighted by atomic mass is 19.4. The Morgan fingerprint density at radius 3 is 2.27 bits per heavy atom. The molecule has 0 radical (unpaired) electrons. The van der Waals surface area contributed by atoms with Crippen molar-refractivity contribution in [3.63, 3.8) is 0 Å². The van der Waals surface area contributed by atoms with Gasteiger partial charge in [-0.1, -0.05) is 0 Å². The van der Waals surface area contributed by atoms with Crippen LogP contribution in [-0.2, 0) is 9.53 Å². The second-order valence-corrected chi connectivity index (χ2v) is 2.90. The number of carbonyl (C=O) groups excluding carboxylic acids is 1. The standard InChI is InChI=1S/C6H7F3O2/c1-5(6(7,8)9)2-4(10)11-3-5/h2-3H2,1H3. The van der Waals surface area contributed by atoms with Crippen LogP contribution in [0.2, 0.25) is 0 Å². The number of carbonyl (C=O) groups is 1. The molecule has 1 atom stereocenters. The number of rotatable bonds is 0. The molecule has 0 N–H and O–H groups in total. The molecular weight excluding hydrogens is 161 g/mol. The minimum absolute atomic E-state index is 0.546. The second-order valence-electron chi connectivity index (χ2n) is 2.90. The van der Waals surface area contributed by atoms with Crippen molar-refractivity contribution < 1.29 is 22.7 Å². The summed E-state index contributed by atoms with van der Waals surface area (Å²) in [5, 5.41) is 0. The van der Waals surface area contributed by atoms with Gasteiger partial charge in [-0.2, -0.15) is 13.2 Å². The van der Waals surface area contributed by atoms with Gasteiger partial charge in [0, 0.05) is 0 Å². The molecule has 11 heavy (non-hydrogen) atoms. The number of cyclic esters (lactones) is 1. The van der Waals surface area contributed by atoms with Crippen molar-refractivity contribution >= 4 is 5.97 Å². The van der Waals surface area contributed by atoms with Crippen molar-refractivity contribution in [3.8, 4) is 0 Å². The van der Waals surface area contributed by atoms with Crippen LogP contribution < -0.4 is 0 Å². The van der Waals surface area contributed by atoms with Gasteiger partial charge in [0.2, 0.25) is 0 Å². The molecule has 5 heteroatoms. The maximum absolute atomic E-state index is 12.1. The fourth-order valence-corrected chi connectivity index (χ4v) is 0.842. The molecule has 0 aliphatic carbocycles. The van der Waals surface area contributed by atoms with Crippen molar-refractivity contribution in [2.45, 2.75) is 19.5 Å². The van der Waals surface area contributed by atoms with E-state index < -0.39 is 30.6 Å². The molecule has 1 rings (SSSR count). The summed E-state index contributed by atoms with van der Waals surface area (Å²) < 4.78 is 40.5. The number of esters is 1. The quantitative estimate of drug-likeness (QED) is 0.512. The minimum Gasteiger partial charge on any atom is -0.465 e. The van der Waals surface area contributed by atoms with Gasteiger partial charge in [-0.15, -0.1) is 0 Å². The van der Waals surface area contributed by atoms with Crippen molar-refractivity contribution in [1.29, 1.82) is 0 Å². The molecule has 0 bridgehead atoms. The molecule has 1 aliphatic heterocycles. The third-order valence-corrected chi connectivity index (χ3v) is 1.77. The molecule has 0 saturated carbocycles. The van der Waals surface area contributed by atoms with Gasteiger partial charge in [0.05, 0.1) is 6.42 Å². The van der Waals surface area contributed by atoms with E-state index in [2.05, 4.69) is 4.74 Å². The van der Waals surface area contributed by atoms with E-state index in [4.69, 9.17) is 0 Å². The van der Waals surface area contributed by atoms with Gasteiger partial charge >= 0.3 is 12.1 Å². The van der Waals surface area contributed by atoms with E-state index in [9.17, 15) is 18.0 Å². The Morgan fingerprint density at radius 1 is 1.55 bits per heavy atom. The zero-order valence-electron chi connectivity index (χ0n) is 5.86. The highest BCUT2D eigenvalue weighted by Gasteiger charge is 2.56. The number of hydrogen-bond donors (Lipinski definition) is 0. The maximum atomic E-state index is 12.1. The lowest BCUT2D eigenvalue weighted by Crippen LogP contribution is -2.35. The molecule has 1 aliphatic rings. The summed E-state index contributed by atoms with van der Waals surface area (Å²) in [6.07, 6.45) is -4.91. The van der Waals surface area contributed by atoms with Gasteiger partial charge < -0.3 is 4.74 Å². The van der Waals surface area contributed by atoms with Crippen LogP contribution in [0.3, 0.4) is 0 Å². The van der Waals surface area contributed by atoms with E-state index in [1.807, 2.05) is 0 Å². The van der Waals surface area contributed by atoms with Gasteiger partial charge in [0.15, 0.2) is 0 Å². The van der Waals surface area contributed by atoms with Gasteiger partial charge in [-0.25, -0.2) is 0 Å². The second kappa shape index (κ2) is 2.12. The van der Waals surface area contributed by atoms with E-state index in [0.717, 1.165) is 6.92 Å². The molecule has 0 aromatic rings. The van der Waals surface area contributed by atoms with E-state index in [-0.39, 0.29) is 0 Å². The molecule has 1 heterocycles. The Bertz CT molecular complexity index is 187. The topological polar surface area (TPSA) is 26.3 Å². The normalized spacial score (nSPS) is 32.2. The zero-order chi connectivity index (χ0) is 8.70. The monoisotopic (exact) mass is 168 g/mol. The first-order valence-electron chi connectivity index (χ1n) is 3.07. The van der Waals surface area contributed by atoms with E-state index in [1.165, 1.54) is 0 Å². The minimum atomic E-state index is -4.35. The average molecular weight is 168 g/mol. The Kier molecular flexibility index (Phi) is 1.61. The molecule has 0 aromatic heterocycles. The third-order valence-electron chi connectivity index (χ3n) is 1.77. The fourth-order valence-electron chi connectivity index (χ4n) is 0.842. The Labute approximate surface area is 61.3 Å². The molecule has 0 amide bonds. The Morgan fingerprint density at radius 2 is 2.09 bits per heavy atom. The molecule has 2 nitrogen and oxygen atoms in total. The average Bonchev–Trinajstić information content (AvgIpc) is 2.10. The van der Waals surface area contributed by atoms with E-state index in [1.54, 1.807) is 0 Å². The van der Waals surface area contributed by atoms with Crippen LogP contribution in [0.5, 0.6) is 0 Å². The summed E-state index contributed by atoms with van der Waals surface area (Å²) in [7, 11) is 0. The lowest BCUT2D eigenvalue weighted by atomic mass is 9.89. The van der Waals surface area contributed by atoms with Crippen LogP contribution in [-0.4, -0.2) is 18.8 Å². The van der Waals surface area contributed by atoms with Crippen LogP contribution in [0.4, 0.5) is 13.2 Å². The summed E-state index contributed by atoms with van der Waals surface area (Å²) in [5.74, 6) is -0.773. The SMILES string of the molecule is CC1(C(F)(F)F)COC(=O)C1. The molecule has 1 unspecified atom stereocenters. The fraction of sp³-hybridized carbons (Fsp3) is 0.833. The molecule has 64 valence electrons. The summed E-state index contributed by atoms with van der Waals surface area (Å²) >= 11 is 0. The van der Waals surface area contributed by atoms with Crippen molar-refractivity contribution in [1.82, 2.24) is 0 Å². The van der Waals surface area contributed by atoms with Crippen molar-refractivity contribution in [3.05, 3.63) is 0 Å². The molecule has 1 saturated heterocycles. The van der Waals surface area contributed by atoms with Gasteiger partial charge in [0.25, 0.3) is 0 Å². The van der Waals surface area contributed by atoms with Gasteiger partial charge in [-0.3, -0.25) is 4.79 Å². The summed E-state index contributed by atoms with van der Waals surface area (Å²) in [4.78, 5) is 10.4. The first kappa shape index (κ1) is 8.36. The third kappa shape index (κ3) is 1.32. The largest absolute Gasteiger partial charge is 0.465 e. The van der Waals surface area contributed by atoms with Crippen LogP contribution in [0.25, 0.3) is 0 Å². The number of halogens is 3. The first-order valence-corrected chi connectivity index (χ1v) is 3.07. The number of hydrogen-bond acceptors (Lipinski definition) is 2. The Balaban J connectivity index is 2.77. The molecular formula is C6H7F3O2. The molecule has 0 spiro atoms. The summed E-state index contributed by atoms with van der Waals surface area (Å²) in [6, 6.07) is 0. The zero-order valence-corrected chi connectivity index (χ0v) is 5.86. The highest BCUT2D eigenvalue weighted by molar-refractivity contribution is 5.72. The number of alkyl halides is 3. The lowest BCUT2D eigenvalue weighted by molar-refractivity contribution is -0.216. The van der Waals surface area contributed by atoms with Crippen LogP contribution in [0.1, 0.15) is 13.3 Å². The number of ether oxygens (including phenoxy) is 1. The van der Waals surface area contributed by atoms with Crippen LogP contribution in [0.15, 0.2) is 0 Å². The predicted octanol–water partition coefficient (Wildman–Crippen LogP) is 1.50. The van der Waals surface area contributed by atoms with Crippen molar-refractivity contribution in [2.24, 2.45) is 5.41 Å². The van der Waals surface area contributed by atoms with Crippen LogP contribution >= 0.6 is 0 Å². The van der Waals surface area contributed by atoms with Gasteiger partial charge in [-0.05, 0) is 6.92 Å². The molecule has 1 fully saturated rings. The van der Waals surface area contributed by atoms with Crippen LogP contribution in [0, 0.1) is 5.41 Å². The summed E-state index contributed by atoms with van der Waals surface area (Å²) in [5.41, 5.74) is -1.97. The Hall–Kier alpha value is -0.740. The highest BCUT2D eigenvalue weighted by Crippen LogP contribution is 2.44. The predicted molar refractivity (Wildman–Crippen MR) is 29.7 cm³/mol. The van der Waals surface area contributed by atoms with E-state index in [0.29, 0.717) is 0 Å². The van der Waals surface area contributed by atoms with Gasteiger partial charge in [0.1, 0.15) is 12.0 Å². The van der Waals surface area contributed by atoms with Crippen molar-refractivity contribution in [2.75, 3.05) is 6.61 Å². The smallest absolute Gasteiger partial charge is 0.398 e. The molecule has 0 aromatic carbocycles. The lowest BCUT2D eigenvalue weighted by Gasteiger charge is -2.22.